The van der Waals surface area contributed by atoms with Crippen LogP contribution >= 0.6 is 0 Å². The Bertz CT molecular complexity index is 1150. The molecule has 0 radical (unpaired) electrons. The number of nitro benzene ring substituents is 1. The molecule has 0 bridgehead atoms. The van der Waals surface area contributed by atoms with Crippen LogP contribution in [0.4, 0.5) is 11.4 Å². The fraction of sp³-hybridized carbons (Fsp3) is 0. The second kappa shape index (κ2) is 6.68. The first-order chi connectivity index (χ1) is 13.1. The third kappa shape index (κ3) is 3.23. The van der Waals surface area contributed by atoms with Crippen LogP contribution in [-0.2, 0) is 0 Å². The molecule has 2 aromatic carbocycles. The summed E-state index contributed by atoms with van der Waals surface area (Å²) in [6.45, 7) is 0. The molecule has 2 aromatic heterocycles. The number of non-ortho nitro benzene ring substituents is 1. The number of carbonyl (C=O) groups excluding carboxylic acids is 1. The first-order valence-corrected chi connectivity index (χ1v) is 7.98. The number of benzene rings is 2. The highest BCUT2D eigenvalue weighted by Crippen LogP contribution is 2.31. The lowest BCUT2D eigenvalue weighted by atomic mass is 10.1. The van der Waals surface area contributed by atoms with Crippen molar-refractivity contribution in [1.29, 1.82) is 0 Å². The Kier molecular flexibility index (Phi) is 4.06. The van der Waals surface area contributed by atoms with E-state index in [0.717, 1.165) is 0 Å². The fourth-order valence-electron chi connectivity index (χ4n) is 2.61. The van der Waals surface area contributed by atoms with Crippen LogP contribution in [-0.4, -0.2) is 20.8 Å². The minimum atomic E-state index is -0.491. The molecular formula is C19H12N4O4. The highest BCUT2D eigenvalue weighted by molar-refractivity contribution is 6.04. The molecule has 1 amide bonds. The van der Waals surface area contributed by atoms with Crippen molar-refractivity contribution in [1.82, 2.24) is 9.97 Å². The zero-order valence-electron chi connectivity index (χ0n) is 13.8. The van der Waals surface area contributed by atoms with Gasteiger partial charge in [-0.15, -0.1) is 0 Å². The molecule has 0 saturated carbocycles. The maximum absolute atomic E-state index is 12.4. The van der Waals surface area contributed by atoms with Crippen LogP contribution in [0, 0.1) is 10.1 Å². The molecule has 2 heterocycles. The number of anilines is 1. The third-order valence-corrected chi connectivity index (χ3v) is 3.89. The predicted molar refractivity (Wildman–Crippen MR) is 98.3 cm³/mol. The highest BCUT2D eigenvalue weighted by atomic mass is 16.6. The first-order valence-electron chi connectivity index (χ1n) is 7.98. The molecule has 4 rings (SSSR count). The molecule has 4 aromatic rings. The Hall–Kier alpha value is -4.07. The van der Waals surface area contributed by atoms with E-state index in [0.29, 0.717) is 22.4 Å². The number of hydrogen-bond donors (Lipinski definition) is 1. The van der Waals surface area contributed by atoms with Gasteiger partial charge in [0.05, 0.1) is 16.2 Å². The summed E-state index contributed by atoms with van der Waals surface area (Å²) in [5.74, 6) is -0.114. The lowest BCUT2D eigenvalue weighted by molar-refractivity contribution is -0.384. The number of hydrogen-bond acceptors (Lipinski definition) is 6. The summed E-state index contributed by atoms with van der Waals surface area (Å²) in [4.78, 5) is 31.2. The first kappa shape index (κ1) is 16.4. The van der Waals surface area contributed by atoms with E-state index in [1.54, 1.807) is 42.5 Å². The van der Waals surface area contributed by atoms with Crippen LogP contribution < -0.4 is 5.32 Å². The van der Waals surface area contributed by atoms with Gasteiger partial charge in [-0.25, -0.2) is 4.98 Å². The molecule has 0 fully saturated rings. The number of pyridine rings is 1. The molecule has 0 aliphatic heterocycles. The van der Waals surface area contributed by atoms with Gasteiger partial charge >= 0.3 is 0 Å². The van der Waals surface area contributed by atoms with E-state index in [1.165, 1.54) is 24.4 Å². The van der Waals surface area contributed by atoms with Crippen LogP contribution in [0.3, 0.4) is 0 Å². The number of oxazole rings is 1. The van der Waals surface area contributed by atoms with Crippen LogP contribution in [0.1, 0.15) is 10.5 Å². The highest BCUT2D eigenvalue weighted by Gasteiger charge is 2.16. The standard InChI is InChI=1S/C19H12N4O4/c24-18(15-7-3-4-10-20-15)21-14-6-2-1-5-13(14)19-22-16-11-12(23(25)26)8-9-17(16)27-19/h1-11H,(H,21,24). The number of carbonyl (C=O) groups is 1. The molecule has 0 saturated heterocycles. The van der Waals surface area contributed by atoms with Crippen molar-refractivity contribution >= 4 is 28.4 Å². The Labute approximate surface area is 152 Å². The van der Waals surface area contributed by atoms with E-state index in [4.69, 9.17) is 4.42 Å². The molecule has 132 valence electrons. The van der Waals surface area contributed by atoms with Gasteiger partial charge in [-0.2, -0.15) is 0 Å². The van der Waals surface area contributed by atoms with Crippen molar-refractivity contribution in [2.45, 2.75) is 0 Å². The number of amides is 1. The molecule has 8 nitrogen and oxygen atoms in total. The van der Waals surface area contributed by atoms with E-state index < -0.39 is 4.92 Å². The van der Waals surface area contributed by atoms with Gasteiger partial charge in [0, 0.05) is 18.3 Å². The van der Waals surface area contributed by atoms with Crippen molar-refractivity contribution in [3.63, 3.8) is 0 Å². The van der Waals surface area contributed by atoms with E-state index >= 15 is 0 Å². The van der Waals surface area contributed by atoms with E-state index in [-0.39, 0.29) is 23.2 Å². The second-order valence-corrected chi connectivity index (χ2v) is 5.64. The summed E-state index contributed by atoms with van der Waals surface area (Å²) in [6.07, 6.45) is 1.54. The van der Waals surface area contributed by atoms with Crippen LogP contribution in [0.2, 0.25) is 0 Å². The van der Waals surface area contributed by atoms with E-state index in [2.05, 4.69) is 15.3 Å². The zero-order chi connectivity index (χ0) is 18.8. The average Bonchev–Trinajstić information content (AvgIpc) is 3.12. The number of aromatic nitrogens is 2. The Morgan fingerprint density at radius 3 is 2.67 bits per heavy atom. The fourth-order valence-corrected chi connectivity index (χ4v) is 2.61. The number of rotatable bonds is 4. The van der Waals surface area contributed by atoms with Crippen LogP contribution in [0.5, 0.6) is 0 Å². The van der Waals surface area contributed by atoms with Crippen molar-refractivity contribution in [2.24, 2.45) is 0 Å². The van der Waals surface area contributed by atoms with Gasteiger partial charge in [0.2, 0.25) is 5.89 Å². The molecule has 27 heavy (non-hydrogen) atoms. The lowest BCUT2D eigenvalue weighted by Gasteiger charge is -2.08. The predicted octanol–water partition coefficient (Wildman–Crippen LogP) is 4.05. The van der Waals surface area contributed by atoms with Gasteiger partial charge in [-0.3, -0.25) is 19.9 Å². The van der Waals surface area contributed by atoms with Gasteiger partial charge in [0.1, 0.15) is 11.2 Å². The Morgan fingerprint density at radius 2 is 1.89 bits per heavy atom. The number of nitrogens with zero attached hydrogens (tertiary/aromatic N) is 3. The Morgan fingerprint density at radius 1 is 1.07 bits per heavy atom. The number of fused-ring (bicyclic) bond motifs is 1. The summed E-state index contributed by atoms with van der Waals surface area (Å²) < 4.78 is 5.72. The summed E-state index contributed by atoms with van der Waals surface area (Å²) in [7, 11) is 0. The average molecular weight is 360 g/mol. The minimum absolute atomic E-state index is 0.0703. The van der Waals surface area contributed by atoms with Crippen molar-refractivity contribution in [3.8, 4) is 11.5 Å². The summed E-state index contributed by atoms with van der Waals surface area (Å²) in [5, 5.41) is 13.7. The lowest BCUT2D eigenvalue weighted by Crippen LogP contribution is -2.13. The summed E-state index contributed by atoms with van der Waals surface area (Å²) in [6, 6.07) is 16.3. The maximum atomic E-state index is 12.4. The van der Waals surface area contributed by atoms with Gasteiger partial charge in [0.15, 0.2) is 5.58 Å². The van der Waals surface area contributed by atoms with Crippen molar-refractivity contribution in [3.05, 3.63) is 82.7 Å². The van der Waals surface area contributed by atoms with Gasteiger partial charge in [-0.1, -0.05) is 18.2 Å². The smallest absolute Gasteiger partial charge is 0.274 e. The number of para-hydroxylation sites is 1. The molecule has 1 N–H and O–H groups in total. The van der Waals surface area contributed by atoms with Crippen molar-refractivity contribution < 1.29 is 14.1 Å². The number of nitrogens with one attached hydrogen (secondary N) is 1. The SMILES string of the molecule is O=C(Nc1ccccc1-c1nc2cc([N+](=O)[O-])ccc2o1)c1ccccn1. The van der Waals surface area contributed by atoms with Crippen LogP contribution in [0.25, 0.3) is 22.6 Å². The minimum Gasteiger partial charge on any atom is -0.436 e. The largest absolute Gasteiger partial charge is 0.436 e. The molecule has 8 heteroatoms. The monoisotopic (exact) mass is 360 g/mol. The molecule has 0 aliphatic carbocycles. The topological polar surface area (TPSA) is 111 Å². The Balaban J connectivity index is 1.71. The second-order valence-electron chi connectivity index (χ2n) is 5.64. The van der Waals surface area contributed by atoms with E-state index in [1.807, 2.05) is 0 Å². The van der Waals surface area contributed by atoms with Crippen LogP contribution in [0.15, 0.2) is 71.3 Å². The quantitative estimate of drug-likeness (QED) is 0.434. The number of nitro groups is 1. The van der Waals surface area contributed by atoms with Gasteiger partial charge in [0.25, 0.3) is 11.6 Å². The van der Waals surface area contributed by atoms with Gasteiger partial charge < -0.3 is 9.73 Å². The zero-order valence-corrected chi connectivity index (χ0v) is 13.8. The molecular weight excluding hydrogens is 348 g/mol. The van der Waals surface area contributed by atoms with Gasteiger partial charge in [-0.05, 0) is 30.3 Å². The van der Waals surface area contributed by atoms with E-state index in [9.17, 15) is 14.9 Å². The summed E-state index contributed by atoms with van der Waals surface area (Å²) in [5.41, 5.74) is 2.04. The third-order valence-electron chi connectivity index (χ3n) is 3.89. The summed E-state index contributed by atoms with van der Waals surface area (Å²) >= 11 is 0. The normalized spacial score (nSPS) is 10.7. The van der Waals surface area contributed by atoms with Crippen molar-refractivity contribution in [2.75, 3.05) is 5.32 Å². The molecule has 0 unspecified atom stereocenters. The molecule has 0 atom stereocenters. The maximum Gasteiger partial charge on any atom is 0.274 e. The molecule has 0 aliphatic rings. The molecule has 0 spiro atoms.